The number of hydrogen-bond acceptors (Lipinski definition) is 2. The lowest BCUT2D eigenvalue weighted by Crippen LogP contribution is -2.45. The molecule has 1 aliphatic rings. The molecule has 0 aromatic carbocycles. The van der Waals surface area contributed by atoms with Gasteiger partial charge in [0.25, 0.3) is 0 Å². The molecule has 2 N–H and O–H groups in total. The van der Waals surface area contributed by atoms with Gasteiger partial charge in [0.15, 0.2) is 0 Å². The molecule has 0 radical (unpaired) electrons. The van der Waals surface area contributed by atoms with E-state index in [0.29, 0.717) is 6.54 Å². The average molecular weight is 241 g/mol. The first kappa shape index (κ1) is 14.0. The van der Waals surface area contributed by atoms with Crippen LogP contribution < -0.4 is 5.32 Å². The number of carbonyl (C=O) groups is 2. The van der Waals surface area contributed by atoms with Crippen LogP contribution in [0.5, 0.6) is 0 Å². The molecule has 0 unspecified atom stereocenters. The van der Waals surface area contributed by atoms with E-state index >= 15 is 0 Å². The van der Waals surface area contributed by atoms with Crippen LogP contribution in [0, 0.1) is 11.3 Å². The van der Waals surface area contributed by atoms with Crippen LogP contribution in [0.2, 0.25) is 0 Å². The molecule has 0 bridgehead atoms. The Labute approximate surface area is 103 Å². The maximum absolute atomic E-state index is 11.8. The van der Waals surface area contributed by atoms with Crippen LogP contribution in [0.25, 0.3) is 0 Å². The Hall–Kier alpha value is -1.06. The van der Waals surface area contributed by atoms with Gasteiger partial charge in [0.05, 0.1) is 6.42 Å². The van der Waals surface area contributed by atoms with Crippen molar-refractivity contribution in [2.45, 2.75) is 52.4 Å². The number of hydrogen-bond donors (Lipinski definition) is 2. The highest BCUT2D eigenvalue weighted by molar-refractivity contribution is 5.78. The van der Waals surface area contributed by atoms with Gasteiger partial charge in [0.1, 0.15) is 0 Å². The topological polar surface area (TPSA) is 66.4 Å². The summed E-state index contributed by atoms with van der Waals surface area (Å²) in [5, 5.41) is 11.8. The summed E-state index contributed by atoms with van der Waals surface area (Å²) in [4.78, 5) is 22.6. The van der Waals surface area contributed by atoms with E-state index in [0.717, 1.165) is 32.1 Å². The standard InChI is InChI=1S/C13H23NO3/c1-3-10(4-2)12(17)14-9-13(6-5-7-13)8-11(15)16/h10H,3-9H2,1-2H3,(H,14,17)(H,15,16). The fourth-order valence-corrected chi connectivity index (χ4v) is 2.49. The first-order chi connectivity index (χ1) is 8.03. The Morgan fingerprint density at radius 3 is 2.24 bits per heavy atom. The third-order valence-corrected chi connectivity index (χ3v) is 3.93. The maximum atomic E-state index is 11.8. The SMILES string of the molecule is CCC(CC)C(=O)NCC1(CC(=O)O)CCC1. The Balaban J connectivity index is 2.42. The quantitative estimate of drug-likeness (QED) is 0.718. The second-order valence-electron chi connectivity index (χ2n) is 5.16. The zero-order valence-corrected chi connectivity index (χ0v) is 10.8. The van der Waals surface area contributed by atoms with Gasteiger partial charge >= 0.3 is 5.97 Å². The van der Waals surface area contributed by atoms with Gasteiger partial charge in [-0.3, -0.25) is 9.59 Å². The molecule has 1 fully saturated rings. The summed E-state index contributed by atoms with van der Waals surface area (Å²) < 4.78 is 0. The van der Waals surface area contributed by atoms with Crippen molar-refractivity contribution in [2.75, 3.05) is 6.54 Å². The fourth-order valence-electron chi connectivity index (χ4n) is 2.49. The molecule has 0 aromatic heterocycles. The van der Waals surface area contributed by atoms with Crippen LogP contribution in [0.3, 0.4) is 0 Å². The number of nitrogens with one attached hydrogen (secondary N) is 1. The van der Waals surface area contributed by atoms with Crippen molar-refractivity contribution in [3.05, 3.63) is 0 Å². The molecule has 4 heteroatoms. The van der Waals surface area contributed by atoms with Gasteiger partial charge < -0.3 is 10.4 Å². The predicted octanol–water partition coefficient (Wildman–Crippen LogP) is 2.18. The van der Waals surface area contributed by atoms with Crippen LogP contribution in [0.4, 0.5) is 0 Å². The summed E-state index contributed by atoms with van der Waals surface area (Å²) in [6.07, 6.45) is 4.78. The average Bonchev–Trinajstić information content (AvgIpc) is 2.23. The molecule has 0 aromatic rings. The van der Waals surface area contributed by atoms with Crippen LogP contribution >= 0.6 is 0 Å². The molecule has 1 saturated carbocycles. The summed E-state index contributed by atoms with van der Waals surface area (Å²) in [7, 11) is 0. The lowest BCUT2D eigenvalue weighted by molar-refractivity contribution is -0.142. The van der Waals surface area contributed by atoms with E-state index in [9.17, 15) is 9.59 Å². The third-order valence-electron chi connectivity index (χ3n) is 3.93. The fraction of sp³-hybridized carbons (Fsp3) is 0.846. The zero-order chi connectivity index (χ0) is 12.9. The Morgan fingerprint density at radius 1 is 1.29 bits per heavy atom. The van der Waals surface area contributed by atoms with Crippen molar-refractivity contribution >= 4 is 11.9 Å². The van der Waals surface area contributed by atoms with Crippen LogP contribution in [0.15, 0.2) is 0 Å². The highest BCUT2D eigenvalue weighted by Gasteiger charge is 2.39. The van der Waals surface area contributed by atoms with E-state index in [-0.39, 0.29) is 23.7 Å². The maximum Gasteiger partial charge on any atom is 0.303 e. The molecule has 0 heterocycles. The molecule has 4 nitrogen and oxygen atoms in total. The van der Waals surface area contributed by atoms with E-state index in [1.807, 2.05) is 13.8 Å². The minimum Gasteiger partial charge on any atom is -0.481 e. The molecule has 1 amide bonds. The van der Waals surface area contributed by atoms with Crippen molar-refractivity contribution in [2.24, 2.45) is 11.3 Å². The lowest BCUT2D eigenvalue weighted by atomic mass is 9.66. The molecule has 17 heavy (non-hydrogen) atoms. The first-order valence-electron chi connectivity index (χ1n) is 6.52. The summed E-state index contributed by atoms with van der Waals surface area (Å²) in [6.45, 7) is 4.53. The largest absolute Gasteiger partial charge is 0.481 e. The minimum atomic E-state index is -0.763. The predicted molar refractivity (Wildman–Crippen MR) is 65.6 cm³/mol. The molecular weight excluding hydrogens is 218 g/mol. The second kappa shape index (κ2) is 6.03. The van der Waals surface area contributed by atoms with Gasteiger partial charge in [-0.25, -0.2) is 0 Å². The van der Waals surface area contributed by atoms with Gasteiger partial charge in [-0.1, -0.05) is 20.3 Å². The smallest absolute Gasteiger partial charge is 0.303 e. The number of rotatable bonds is 7. The van der Waals surface area contributed by atoms with Gasteiger partial charge in [-0.15, -0.1) is 0 Å². The summed E-state index contributed by atoms with van der Waals surface area (Å²) >= 11 is 0. The van der Waals surface area contributed by atoms with Crippen LogP contribution in [-0.2, 0) is 9.59 Å². The van der Waals surface area contributed by atoms with Crippen molar-refractivity contribution in [3.63, 3.8) is 0 Å². The first-order valence-corrected chi connectivity index (χ1v) is 6.52. The van der Waals surface area contributed by atoms with Crippen molar-refractivity contribution < 1.29 is 14.7 Å². The molecule has 0 aliphatic heterocycles. The van der Waals surface area contributed by atoms with Gasteiger partial charge in [0.2, 0.25) is 5.91 Å². The number of aliphatic carboxylic acids is 1. The molecule has 98 valence electrons. The monoisotopic (exact) mass is 241 g/mol. The van der Waals surface area contributed by atoms with E-state index < -0.39 is 5.97 Å². The molecule has 0 saturated heterocycles. The lowest BCUT2D eigenvalue weighted by Gasteiger charge is -2.41. The highest BCUT2D eigenvalue weighted by atomic mass is 16.4. The van der Waals surface area contributed by atoms with Crippen molar-refractivity contribution in [1.82, 2.24) is 5.32 Å². The molecule has 0 atom stereocenters. The zero-order valence-electron chi connectivity index (χ0n) is 10.8. The summed E-state index contributed by atoms with van der Waals surface area (Å²) in [5.41, 5.74) is -0.173. The highest BCUT2D eigenvalue weighted by Crippen LogP contribution is 2.43. The molecule has 1 aliphatic carbocycles. The van der Waals surface area contributed by atoms with Gasteiger partial charge in [-0.2, -0.15) is 0 Å². The summed E-state index contributed by atoms with van der Waals surface area (Å²) in [5.74, 6) is -0.620. The number of amides is 1. The Morgan fingerprint density at radius 2 is 1.88 bits per heavy atom. The van der Waals surface area contributed by atoms with Crippen LogP contribution in [-0.4, -0.2) is 23.5 Å². The summed E-state index contributed by atoms with van der Waals surface area (Å²) in [6, 6.07) is 0. The molecule has 1 rings (SSSR count). The van der Waals surface area contributed by atoms with E-state index in [1.54, 1.807) is 0 Å². The van der Waals surface area contributed by atoms with E-state index in [1.165, 1.54) is 0 Å². The van der Waals surface area contributed by atoms with Crippen molar-refractivity contribution in [1.29, 1.82) is 0 Å². The van der Waals surface area contributed by atoms with Gasteiger partial charge in [-0.05, 0) is 31.1 Å². The Bertz CT molecular complexity index is 280. The Kier molecular flexibility index (Phi) is 4.97. The second-order valence-corrected chi connectivity index (χ2v) is 5.16. The minimum absolute atomic E-state index is 0.0666. The molecular formula is C13H23NO3. The van der Waals surface area contributed by atoms with E-state index in [4.69, 9.17) is 5.11 Å². The molecule has 0 spiro atoms. The van der Waals surface area contributed by atoms with E-state index in [2.05, 4.69) is 5.32 Å². The van der Waals surface area contributed by atoms with Crippen molar-refractivity contribution in [3.8, 4) is 0 Å². The number of carbonyl (C=O) groups excluding carboxylic acids is 1. The number of carboxylic acid groups (broad SMARTS) is 1. The number of carboxylic acids is 1. The van der Waals surface area contributed by atoms with Crippen LogP contribution in [0.1, 0.15) is 52.4 Å². The third kappa shape index (κ3) is 3.72. The normalized spacial score (nSPS) is 17.6. The van der Waals surface area contributed by atoms with Gasteiger partial charge in [0, 0.05) is 12.5 Å².